The van der Waals surface area contributed by atoms with Gasteiger partial charge in [-0.25, -0.2) is 4.79 Å². The minimum atomic E-state index is -0.247. The van der Waals surface area contributed by atoms with E-state index in [4.69, 9.17) is 4.74 Å². The number of hydrogen-bond acceptors (Lipinski definition) is 3. The third kappa shape index (κ3) is 3.90. The van der Waals surface area contributed by atoms with Crippen LogP contribution in [0.2, 0.25) is 0 Å². The molecule has 6 heteroatoms. The van der Waals surface area contributed by atoms with Gasteiger partial charge in [-0.15, -0.1) is 0 Å². The monoisotopic (exact) mass is 305 g/mol. The summed E-state index contributed by atoms with van der Waals surface area (Å²) < 4.78 is 5.35. The summed E-state index contributed by atoms with van der Waals surface area (Å²) in [7, 11) is 1.58. The first-order valence-electron chi connectivity index (χ1n) is 7.69. The molecule has 0 atom stereocenters. The average molecular weight is 305 g/mol. The number of carbonyl (C=O) groups is 2. The highest BCUT2D eigenvalue weighted by Crippen LogP contribution is 2.33. The number of rotatable bonds is 5. The van der Waals surface area contributed by atoms with Gasteiger partial charge >= 0.3 is 6.03 Å². The Bertz CT molecular complexity index is 545. The van der Waals surface area contributed by atoms with Gasteiger partial charge in [0.1, 0.15) is 5.75 Å². The van der Waals surface area contributed by atoms with Crippen LogP contribution >= 0.6 is 0 Å². The first-order chi connectivity index (χ1) is 10.7. The van der Waals surface area contributed by atoms with E-state index >= 15 is 0 Å². The topological polar surface area (TPSA) is 70.7 Å². The van der Waals surface area contributed by atoms with E-state index < -0.39 is 0 Å². The Labute approximate surface area is 130 Å². The third-order valence-corrected chi connectivity index (χ3v) is 3.59. The number of ether oxygens (including phenoxy) is 1. The van der Waals surface area contributed by atoms with E-state index in [1.807, 2.05) is 6.92 Å². The van der Waals surface area contributed by atoms with Crippen LogP contribution in [0.3, 0.4) is 0 Å². The Morgan fingerprint density at radius 2 is 2.18 bits per heavy atom. The second-order valence-electron chi connectivity index (χ2n) is 5.27. The van der Waals surface area contributed by atoms with Crippen LogP contribution in [-0.2, 0) is 4.79 Å². The maximum atomic E-state index is 12.1. The van der Waals surface area contributed by atoms with E-state index in [9.17, 15) is 9.59 Å². The molecule has 0 spiro atoms. The lowest BCUT2D eigenvalue weighted by atomic mass is 10.1. The summed E-state index contributed by atoms with van der Waals surface area (Å²) in [6.45, 7) is 3.30. The molecule has 1 aliphatic rings. The molecule has 2 rings (SSSR count). The fourth-order valence-electron chi connectivity index (χ4n) is 2.45. The quantitative estimate of drug-likeness (QED) is 0.878. The number of hydrogen-bond donors (Lipinski definition) is 2. The van der Waals surface area contributed by atoms with Gasteiger partial charge in [0, 0.05) is 25.2 Å². The van der Waals surface area contributed by atoms with E-state index in [1.54, 1.807) is 30.2 Å². The van der Waals surface area contributed by atoms with Crippen molar-refractivity contribution in [3.05, 3.63) is 18.2 Å². The average Bonchev–Trinajstić information content (AvgIpc) is 2.53. The molecular weight excluding hydrogens is 282 g/mol. The number of methoxy groups -OCH3 is 1. The maximum absolute atomic E-state index is 12.1. The Morgan fingerprint density at radius 3 is 2.86 bits per heavy atom. The molecule has 22 heavy (non-hydrogen) atoms. The van der Waals surface area contributed by atoms with Crippen molar-refractivity contribution in [1.82, 2.24) is 5.32 Å². The molecule has 0 bridgehead atoms. The highest BCUT2D eigenvalue weighted by Gasteiger charge is 2.23. The van der Waals surface area contributed by atoms with Gasteiger partial charge in [0.15, 0.2) is 0 Å². The first-order valence-corrected chi connectivity index (χ1v) is 7.69. The fraction of sp³-hybridized carbons (Fsp3) is 0.500. The molecule has 0 aromatic heterocycles. The lowest BCUT2D eigenvalue weighted by Gasteiger charge is -2.28. The van der Waals surface area contributed by atoms with Crippen molar-refractivity contribution in [2.75, 3.05) is 30.4 Å². The van der Waals surface area contributed by atoms with Crippen LogP contribution < -0.4 is 20.3 Å². The molecule has 0 unspecified atom stereocenters. The molecule has 1 heterocycles. The van der Waals surface area contributed by atoms with Gasteiger partial charge in [-0.3, -0.25) is 4.79 Å². The number of urea groups is 1. The number of benzene rings is 1. The molecule has 3 amide bonds. The van der Waals surface area contributed by atoms with E-state index in [-0.39, 0.29) is 11.9 Å². The van der Waals surface area contributed by atoms with Gasteiger partial charge in [-0.2, -0.15) is 0 Å². The number of anilines is 2. The summed E-state index contributed by atoms with van der Waals surface area (Å²) in [6.07, 6.45) is 3.33. The molecular formula is C16H23N3O3. The van der Waals surface area contributed by atoms with Crippen molar-refractivity contribution in [2.45, 2.75) is 32.6 Å². The largest absolute Gasteiger partial charge is 0.495 e. The normalized spacial score (nSPS) is 14.6. The Morgan fingerprint density at radius 1 is 1.36 bits per heavy atom. The van der Waals surface area contributed by atoms with Crippen LogP contribution in [0.5, 0.6) is 5.75 Å². The molecule has 0 saturated carbocycles. The van der Waals surface area contributed by atoms with E-state index in [0.717, 1.165) is 19.3 Å². The van der Waals surface area contributed by atoms with Gasteiger partial charge in [-0.05, 0) is 37.5 Å². The van der Waals surface area contributed by atoms with Crippen LogP contribution in [0.1, 0.15) is 32.6 Å². The van der Waals surface area contributed by atoms with Crippen LogP contribution in [0, 0.1) is 0 Å². The highest BCUT2D eigenvalue weighted by atomic mass is 16.5. The fourth-order valence-corrected chi connectivity index (χ4v) is 2.45. The molecule has 0 aliphatic carbocycles. The molecule has 120 valence electrons. The van der Waals surface area contributed by atoms with E-state index in [1.165, 1.54) is 0 Å². The molecule has 1 aliphatic heterocycles. The van der Waals surface area contributed by atoms with Crippen molar-refractivity contribution >= 4 is 23.3 Å². The Hall–Kier alpha value is -2.24. The van der Waals surface area contributed by atoms with Crippen LogP contribution in [0.4, 0.5) is 16.2 Å². The summed E-state index contributed by atoms with van der Waals surface area (Å²) in [4.78, 5) is 25.6. The van der Waals surface area contributed by atoms with Gasteiger partial charge in [0.05, 0.1) is 12.8 Å². The maximum Gasteiger partial charge on any atom is 0.319 e. The van der Waals surface area contributed by atoms with Crippen LogP contribution in [-0.4, -0.2) is 32.1 Å². The predicted molar refractivity (Wildman–Crippen MR) is 86.5 cm³/mol. The molecule has 0 radical (unpaired) electrons. The lowest BCUT2D eigenvalue weighted by Crippen LogP contribution is -2.35. The standard InChI is InChI=1S/C16H23N3O3/c1-3-9-17-16(21)18-12-7-8-14(22-2)13(11-12)19-10-5-4-6-15(19)20/h7-8,11H,3-6,9-10H2,1-2H3,(H2,17,18,21). The molecule has 2 N–H and O–H groups in total. The van der Waals surface area contributed by atoms with Gasteiger partial charge < -0.3 is 20.3 Å². The zero-order chi connectivity index (χ0) is 15.9. The minimum absolute atomic E-state index is 0.0946. The van der Waals surface area contributed by atoms with Crippen molar-refractivity contribution in [3.8, 4) is 5.75 Å². The second kappa shape index (κ2) is 7.68. The molecule has 1 aromatic carbocycles. The Balaban J connectivity index is 2.18. The summed E-state index contributed by atoms with van der Waals surface area (Å²) >= 11 is 0. The van der Waals surface area contributed by atoms with Gasteiger partial charge in [-0.1, -0.05) is 6.92 Å². The van der Waals surface area contributed by atoms with E-state index in [0.29, 0.717) is 36.6 Å². The smallest absolute Gasteiger partial charge is 0.319 e. The third-order valence-electron chi connectivity index (χ3n) is 3.59. The van der Waals surface area contributed by atoms with Crippen molar-refractivity contribution in [3.63, 3.8) is 0 Å². The van der Waals surface area contributed by atoms with E-state index in [2.05, 4.69) is 10.6 Å². The second-order valence-corrected chi connectivity index (χ2v) is 5.27. The zero-order valence-electron chi connectivity index (χ0n) is 13.1. The SMILES string of the molecule is CCCNC(=O)Nc1ccc(OC)c(N2CCCCC2=O)c1. The summed E-state index contributed by atoms with van der Waals surface area (Å²) in [5.41, 5.74) is 1.35. The summed E-state index contributed by atoms with van der Waals surface area (Å²) in [5.74, 6) is 0.729. The molecule has 6 nitrogen and oxygen atoms in total. The van der Waals surface area contributed by atoms with Crippen molar-refractivity contribution < 1.29 is 14.3 Å². The summed E-state index contributed by atoms with van der Waals surface area (Å²) in [6, 6.07) is 5.07. The molecule has 1 fully saturated rings. The molecule has 1 saturated heterocycles. The van der Waals surface area contributed by atoms with Gasteiger partial charge in [0.2, 0.25) is 5.91 Å². The van der Waals surface area contributed by atoms with Gasteiger partial charge in [0.25, 0.3) is 0 Å². The number of nitrogens with one attached hydrogen (secondary N) is 2. The van der Waals surface area contributed by atoms with Crippen molar-refractivity contribution in [1.29, 1.82) is 0 Å². The zero-order valence-corrected chi connectivity index (χ0v) is 13.1. The molecule has 1 aromatic rings. The summed E-state index contributed by atoms with van der Waals surface area (Å²) in [5, 5.41) is 5.53. The van der Waals surface area contributed by atoms with Crippen molar-refractivity contribution in [2.24, 2.45) is 0 Å². The Kier molecular flexibility index (Phi) is 5.63. The minimum Gasteiger partial charge on any atom is -0.495 e. The lowest BCUT2D eigenvalue weighted by molar-refractivity contribution is -0.119. The van der Waals surface area contributed by atoms with Crippen LogP contribution in [0.25, 0.3) is 0 Å². The predicted octanol–water partition coefficient (Wildman–Crippen LogP) is 2.74. The number of carbonyl (C=O) groups excluding carboxylic acids is 2. The van der Waals surface area contributed by atoms with Crippen LogP contribution in [0.15, 0.2) is 18.2 Å². The highest BCUT2D eigenvalue weighted by molar-refractivity contribution is 5.97. The number of nitrogens with zero attached hydrogens (tertiary/aromatic N) is 1. The number of amides is 3. The number of piperidine rings is 1. The first kappa shape index (κ1) is 16.1.